The van der Waals surface area contributed by atoms with E-state index >= 15 is 0 Å². The summed E-state index contributed by atoms with van der Waals surface area (Å²) < 4.78 is 0. The number of carbonyl (C=O) groups is 1. The van der Waals surface area contributed by atoms with Crippen molar-refractivity contribution in [2.24, 2.45) is 5.92 Å². The van der Waals surface area contributed by atoms with E-state index in [1.807, 2.05) is 30.0 Å². The molecule has 1 aromatic carbocycles. The fraction of sp³-hybridized carbons (Fsp3) is 0.462. The van der Waals surface area contributed by atoms with Gasteiger partial charge in [0.05, 0.1) is 11.6 Å². The number of piperidine rings is 1. The molecule has 0 spiro atoms. The molecule has 1 fully saturated rings. The highest BCUT2D eigenvalue weighted by molar-refractivity contribution is 8.00. The molecule has 0 aliphatic carbocycles. The molecule has 1 amide bonds. The zero-order valence-electron chi connectivity index (χ0n) is 9.85. The summed E-state index contributed by atoms with van der Waals surface area (Å²) in [5.74, 6) is 0.351. The van der Waals surface area contributed by atoms with Gasteiger partial charge in [-0.3, -0.25) is 4.79 Å². The molecule has 0 saturated carbocycles. The van der Waals surface area contributed by atoms with Crippen molar-refractivity contribution in [3.05, 3.63) is 24.3 Å². The Labute approximate surface area is 106 Å². The van der Waals surface area contributed by atoms with Crippen LogP contribution in [0.25, 0.3) is 0 Å². The molecule has 3 rings (SSSR count). The molecule has 4 heteroatoms. The number of thioether (sulfide) groups is 1. The Hall–Kier alpha value is -1.00. The van der Waals surface area contributed by atoms with Crippen molar-refractivity contribution in [3.63, 3.8) is 0 Å². The van der Waals surface area contributed by atoms with Gasteiger partial charge < -0.3 is 10.2 Å². The number of carbonyl (C=O) groups excluding carboxylic acids is 1. The van der Waals surface area contributed by atoms with Crippen molar-refractivity contribution in [1.29, 1.82) is 0 Å². The molecule has 0 bridgehead atoms. The number of amides is 1. The van der Waals surface area contributed by atoms with E-state index in [1.54, 1.807) is 0 Å². The standard InChI is InChI=1S/C13H16N2OS/c1-15-7-6-9-12(8-15)17-11-5-3-2-4-10(11)14-13(9)16/h2-5,9,12H,6-8H2,1H3,(H,14,16). The van der Waals surface area contributed by atoms with Crippen molar-refractivity contribution in [1.82, 2.24) is 4.90 Å². The summed E-state index contributed by atoms with van der Waals surface area (Å²) in [7, 11) is 2.13. The van der Waals surface area contributed by atoms with Crippen LogP contribution in [0, 0.1) is 5.92 Å². The van der Waals surface area contributed by atoms with Crippen LogP contribution in [0.3, 0.4) is 0 Å². The highest BCUT2D eigenvalue weighted by Gasteiger charge is 2.36. The summed E-state index contributed by atoms with van der Waals surface area (Å²) in [6, 6.07) is 8.09. The Bertz CT molecular complexity index is 449. The molecule has 2 atom stereocenters. The first-order chi connectivity index (χ1) is 8.24. The Morgan fingerprint density at radius 2 is 2.24 bits per heavy atom. The predicted molar refractivity (Wildman–Crippen MR) is 70.3 cm³/mol. The van der Waals surface area contributed by atoms with Crippen molar-refractivity contribution in [2.75, 3.05) is 25.5 Å². The Balaban J connectivity index is 1.94. The first-order valence-corrected chi connectivity index (χ1v) is 6.87. The molecule has 2 aliphatic rings. The lowest BCUT2D eigenvalue weighted by atomic mass is 9.95. The molecule has 3 nitrogen and oxygen atoms in total. The maximum atomic E-state index is 12.2. The van der Waals surface area contributed by atoms with Gasteiger partial charge in [-0.25, -0.2) is 0 Å². The van der Waals surface area contributed by atoms with E-state index in [1.165, 1.54) is 4.90 Å². The summed E-state index contributed by atoms with van der Waals surface area (Å²) in [5.41, 5.74) is 0.972. The molecule has 17 heavy (non-hydrogen) atoms. The lowest BCUT2D eigenvalue weighted by molar-refractivity contribution is -0.120. The fourth-order valence-electron chi connectivity index (χ4n) is 2.55. The number of anilines is 1. The number of rotatable bonds is 0. The molecule has 2 aliphatic heterocycles. The number of benzene rings is 1. The van der Waals surface area contributed by atoms with Crippen molar-refractivity contribution >= 4 is 23.4 Å². The van der Waals surface area contributed by atoms with Crippen LogP contribution >= 0.6 is 11.8 Å². The zero-order valence-corrected chi connectivity index (χ0v) is 10.7. The third-order valence-electron chi connectivity index (χ3n) is 3.52. The minimum absolute atomic E-state index is 0.156. The fourth-order valence-corrected chi connectivity index (χ4v) is 4.03. The molecule has 0 aromatic heterocycles. The van der Waals surface area contributed by atoms with E-state index in [4.69, 9.17) is 0 Å². The van der Waals surface area contributed by atoms with Crippen LogP contribution in [0.2, 0.25) is 0 Å². The molecule has 1 aromatic rings. The second-order valence-corrected chi connectivity index (χ2v) is 6.08. The molecule has 1 saturated heterocycles. The highest BCUT2D eigenvalue weighted by Crippen LogP contribution is 2.40. The van der Waals surface area contributed by atoms with Crippen LogP contribution in [0.4, 0.5) is 5.69 Å². The number of nitrogens with one attached hydrogen (secondary N) is 1. The molecular formula is C13H16N2OS. The lowest BCUT2D eigenvalue weighted by Crippen LogP contribution is -2.44. The SMILES string of the molecule is CN1CCC2C(=O)Nc3ccccc3SC2C1. The van der Waals surface area contributed by atoms with Crippen molar-refractivity contribution < 1.29 is 4.79 Å². The van der Waals surface area contributed by atoms with Crippen LogP contribution in [-0.4, -0.2) is 36.2 Å². The van der Waals surface area contributed by atoms with Gasteiger partial charge in [-0.2, -0.15) is 0 Å². The summed E-state index contributed by atoms with van der Waals surface area (Å²) in [5, 5.41) is 3.44. The first kappa shape index (κ1) is 11.1. The van der Waals surface area contributed by atoms with E-state index in [-0.39, 0.29) is 11.8 Å². The maximum absolute atomic E-state index is 12.2. The van der Waals surface area contributed by atoms with E-state index < -0.39 is 0 Å². The van der Waals surface area contributed by atoms with Gasteiger partial charge in [-0.1, -0.05) is 12.1 Å². The topological polar surface area (TPSA) is 32.3 Å². The van der Waals surface area contributed by atoms with Crippen LogP contribution in [0.15, 0.2) is 29.2 Å². The summed E-state index contributed by atoms with van der Waals surface area (Å²) in [4.78, 5) is 15.7. The predicted octanol–water partition coefficient (Wildman–Crippen LogP) is 2.05. The van der Waals surface area contributed by atoms with Crippen molar-refractivity contribution in [2.45, 2.75) is 16.6 Å². The number of para-hydroxylation sites is 1. The quantitative estimate of drug-likeness (QED) is 0.762. The van der Waals surface area contributed by atoms with Gasteiger partial charge in [0, 0.05) is 16.7 Å². The van der Waals surface area contributed by atoms with Gasteiger partial charge in [0.2, 0.25) is 5.91 Å². The Kier molecular flexibility index (Phi) is 2.84. The minimum atomic E-state index is 0.156. The monoisotopic (exact) mass is 248 g/mol. The minimum Gasteiger partial charge on any atom is -0.325 e. The lowest BCUT2D eigenvalue weighted by Gasteiger charge is -2.33. The van der Waals surface area contributed by atoms with Gasteiger partial charge in [-0.05, 0) is 32.1 Å². The summed E-state index contributed by atoms with van der Waals surface area (Å²) >= 11 is 1.84. The second kappa shape index (κ2) is 4.35. The van der Waals surface area contributed by atoms with Crippen LogP contribution in [0.5, 0.6) is 0 Å². The number of nitrogens with zero attached hydrogens (tertiary/aromatic N) is 1. The highest BCUT2D eigenvalue weighted by atomic mass is 32.2. The normalized spacial score (nSPS) is 28.9. The Morgan fingerprint density at radius 3 is 3.12 bits per heavy atom. The van der Waals surface area contributed by atoms with Gasteiger partial charge >= 0.3 is 0 Å². The largest absolute Gasteiger partial charge is 0.325 e. The molecule has 0 radical (unpaired) electrons. The summed E-state index contributed by atoms with van der Waals surface area (Å²) in [6.07, 6.45) is 0.966. The van der Waals surface area contributed by atoms with E-state index in [0.717, 1.165) is 25.2 Å². The number of hydrogen-bond donors (Lipinski definition) is 1. The molecule has 2 heterocycles. The number of hydrogen-bond acceptors (Lipinski definition) is 3. The van der Waals surface area contributed by atoms with Gasteiger partial charge in [0.25, 0.3) is 0 Å². The van der Waals surface area contributed by atoms with Gasteiger partial charge in [0.1, 0.15) is 0 Å². The van der Waals surface area contributed by atoms with E-state index in [0.29, 0.717) is 5.25 Å². The van der Waals surface area contributed by atoms with Crippen LogP contribution in [-0.2, 0) is 4.79 Å². The second-order valence-electron chi connectivity index (χ2n) is 4.80. The van der Waals surface area contributed by atoms with Gasteiger partial charge in [0.15, 0.2) is 0 Å². The number of likely N-dealkylation sites (tertiary alicyclic amines) is 1. The van der Waals surface area contributed by atoms with E-state index in [9.17, 15) is 4.79 Å². The number of fused-ring (bicyclic) bond motifs is 2. The van der Waals surface area contributed by atoms with Gasteiger partial charge in [-0.15, -0.1) is 11.8 Å². The van der Waals surface area contributed by atoms with E-state index in [2.05, 4.69) is 23.3 Å². The molecule has 90 valence electrons. The third kappa shape index (κ3) is 2.07. The average Bonchev–Trinajstić information content (AvgIpc) is 2.44. The zero-order chi connectivity index (χ0) is 11.8. The molecular weight excluding hydrogens is 232 g/mol. The smallest absolute Gasteiger partial charge is 0.228 e. The Morgan fingerprint density at radius 1 is 1.41 bits per heavy atom. The van der Waals surface area contributed by atoms with Crippen molar-refractivity contribution in [3.8, 4) is 0 Å². The first-order valence-electron chi connectivity index (χ1n) is 5.99. The third-order valence-corrected chi connectivity index (χ3v) is 4.91. The average molecular weight is 248 g/mol. The van der Waals surface area contributed by atoms with Crippen LogP contribution in [0.1, 0.15) is 6.42 Å². The summed E-state index contributed by atoms with van der Waals surface area (Å²) in [6.45, 7) is 2.02. The molecule has 1 N–H and O–H groups in total. The molecule has 2 unspecified atom stereocenters. The van der Waals surface area contributed by atoms with Crippen LogP contribution < -0.4 is 5.32 Å². The maximum Gasteiger partial charge on any atom is 0.228 e.